The van der Waals surface area contributed by atoms with E-state index in [1.54, 1.807) is 17.8 Å². The molecule has 0 aromatic heterocycles. The number of halogens is 1. The first-order valence-electron chi connectivity index (χ1n) is 5.28. The van der Waals surface area contributed by atoms with Gasteiger partial charge in [-0.25, -0.2) is 4.39 Å². The van der Waals surface area contributed by atoms with E-state index in [1.807, 2.05) is 19.2 Å². The molecule has 1 atom stereocenters. The van der Waals surface area contributed by atoms with Gasteiger partial charge in [-0.1, -0.05) is 12.1 Å². The van der Waals surface area contributed by atoms with Crippen LogP contribution in [-0.4, -0.2) is 18.8 Å². The monoisotopic (exact) mass is 227 g/mol. The highest BCUT2D eigenvalue weighted by Crippen LogP contribution is 2.22. The lowest BCUT2D eigenvalue weighted by molar-refractivity contribution is 0.559. The fourth-order valence-corrected chi connectivity index (χ4v) is 2.19. The standard InChI is InChI=1S/C12H18FNS/c1-10(14-2)6-5-9-15-12-8-4-3-7-11(12)13/h3-4,7-8,10,14H,5-6,9H2,1-2H3. The molecule has 0 saturated carbocycles. The molecule has 1 aromatic rings. The molecule has 0 bridgehead atoms. The zero-order valence-corrected chi connectivity index (χ0v) is 10.1. The Morgan fingerprint density at radius 3 is 2.80 bits per heavy atom. The summed E-state index contributed by atoms with van der Waals surface area (Å²) in [6.45, 7) is 2.16. The van der Waals surface area contributed by atoms with Crippen LogP contribution in [0.4, 0.5) is 4.39 Å². The van der Waals surface area contributed by atoms with Gasteiger partial charge in [0.15, 0.2) is 0 Å². The highest BCUT2D eigenvalue weighted by Gasteiger charge is 2.02. The smallest absolute Gasteiger partial charge is 0.136 e. The Hall–Kier alpha value is -0.540. The minimum absolute atomic E-state index is 0.107. The van der Waals surface area contributed by atoms with Gasteiger partial charge in [0.05, 0.1) is 0 Å². The highest BCUT2D eigenvalue weighted by atomic mass is 32.2. The molecule has 0 aliphatic heterocycles. The topological polar surface area (TPSA) is 12.0 Å². The van der Waals surface area contributed by atoms with E-state index < -0.39 is 0 Å². The van der Waals surface area contributed by atoms with Crippen LogP contribution in [0.5, 0.6) is 0 Å². The Bertz CT molecular complexity index is 291. The minimum atomic E-state index is -0.107. The van der Waals surface area contributed by atoms with E-state index in [9.17, 15) is 4.39 Å². The molecule has 0 aliphatic rings. The third kappa shape index (κ3) is 4.67. The minimum Gasteiger partial charge on any atom is -0.317 e. The molecule has 1 nitrogen and oxygen atoms in total. The molecular weight excluding hydrogens is 209 g/mol. The molecule has 84 valence electrons. The summed E-state index contributed by atoms with van der Waals surface area (Å²) in [5.74, 6) is 0.872. The molecule has 1 unspecified atom stereocenters. The Morgan fingerprint density at radius 2 is 2.13 bits per heavy atom. The van der Waals surface area contributed by atoms with Crippen molar-refractivity contribution in [3.63, 3.8) is 0 Å². The van der Waals surface area contributed by atoms with Crippen LogP contribution in [-0.2, 0) is 0 Å². The summed E-state index contributed by atoms with van der Waals surface area (Å²) >= 11 is 1.60. The van der Waals surface area contributed by atoms with Crippen LogP contribution in [0.3, 0.4) is 0 Å². The van der Waals surface area contributed by atoms with Crippen LogP contribution < -0.4 is 5.32 Å². The van der Waals surface area contributed by atoms with E-state index in [1.165, 1.54) is 6.07 Å². The van der Waals surface area contributed by atoms with Gasteiger partial charge < -0.3 is 5.32 Å². The average Bonchev–Trinajstić information content (AvgIpc) is 2.26. The quantitative estimate of drug-likeness (QED) is 0.591. The van der Waals surface area contributed by atoms with Crippen LogP contribution in [0.25, 0.3) is 0 Å². The molecule has 0 spiro atoms. The van der Waals surface area contributed by atoms with Gasteiger partial charge in [-0.3, -0.25) is 0 Å². The first-order chi connectivity index (χ1) is 7.24. The summed E-state index contributed by atoms with van der Waals surface area (Å²) in [7, 11) is 1.97. The summed E-state index contributed by atoms with van der Waals surface area (Å²) in [6, 6.07) is 7.50. The van der Waals surface area contributed by atoms with Crippen LogP contribution >= 0.6 is 11.8 Å². The van der Waals surface area contributed by atoms with Gasteiger partial charge in [0, 0.05) is 10.9 Å². The normalized spacial score (nSPS) is 12.7. The van der Waals surface area contributed by atoms with Crippen molar-refractivity contribution in [2.45, 2.75) is 30.7 Å². The Balaban J connectivity index is 2.23. The van der Waals surface area contributed by atoms with E-state index in [4.69, 9.17) is 0 Å². The summed E-state index contributed by atoms with van der Waals surface area (Å²) in [5.41, 5.74) is 0. The lowest BCUT2D eigenvalue weighted by Crippen LogP contribution is -2.20. The number of thioether (sulfide) groups is 1. The van der Waals surface area contributed by atoms with Gasteiger partial charge in [0.25, 0.3) is 0 Å². The molecular formula is C12H18FNS. The number of hydrogen-bond donors (Lipinski definition) is 1. The van der Waals surface area contributed by atoms with Gasteiger partial charge in [-0.2, -0.15) is 0 Å². The third-order valence-corrected chi connectivity index (χ3v) is 3.50. The predicted octanol–water partition coefficient (Wildman–Crippen LogP) is 3.31. The number of hydrogen-bond acceptors (Lipinski definition) is 2. The van der Waals surface area contributed by atoms with E-state index in [-0.39, 0.29) is 5.82 Å². The zero-order valence-electron chi connectivity index (χ0n) is 9.29. The Morgan fingerprint density at radius 1 is 1.40 bits per heavy atom. The zero-order chi connectivity index (χ0) is 11.1. The van der Waals surface area contributed by atoms with E-state index >= 15 is 0 Å². The van der Waals surface area contributed by atoms with Crippen LogP contribution in [0.2, 0.25) is 0 Å². The summed E-state index contributed by atoms with van der Waals surface area (Å²) in [5, 5.41) is 3.19. The Kier molecular flexibility index (Phi) is 5.73. The van der Waals surface area contributed by atoms with E-state index in [0.29, 0.717) is 6.04 Å². The lowest BCUT2D eigenvalue weighted by Gasteiger charge is -2.09. The molecule has 0 heterocycles. The maximum absolute atomic E-state index is 13.2. The predicted molar refractivity (Wildman–Crippen MR) is 64.9 cm³/mol. The van der Waals surface area contributed by atoms with Gasteiger partial charge in [0.2, 0.25) is 0 Å². The number of rotatable bonds is 6. The molecule has 15 heavy (non-hydrogen) atoms. The maximum Gasteiger partial charge on any atom is 0.136 e. The summed E-state index contributed by atoms with van der Waals surface area (Å²) in [6.07, 6.45) is 2.25. The van der Waals surface area contributed by atoms with Gasteiger partial charge >= 0.3 is 0 Å². The fraction of sp³-hybridized carbons (Fsp3) is 0.500. The van der Waals surface area contributed by atoms with Gasteiger partial charge in [-0.15, -0.1) is 11.8 Å². The van der Waals surface area contributed by atoms with Crippen molar-refractivity contribution in [2.75, 3.05) is 12.8 Å². The molecule has 1 rings (SSSR count). The van der Waals surface area contributed by atoms with Crippen molar-refractivity contribution in [1.82, 2.24) is 5.32 Å². The molecule has 0 radical (unpaired) electrons. The fourth-order valence-electron chi connectivity index (χ4n) is 1.28. The number of nitrogens with one attached hydrogen (secondary N) is 1. The van der Waals surface area contributed by atoms with Crippen LogP contribution in [0, 0.1) is 5.82 Å². The average molecular weight is 227 g/mol. The summed E-state index contributed by atoms with van der Waals surface area (Å²) in [4.78, 5) is 0.759. The first kappa shape index (κ1) is 12.5. The van der Waals surface area contributed by atoms with Crippen LogP contribution in [0.1, 0.15) is 19.8 Å². The van der Waals surface area contributed by atoms with Gasteiger partial charge in [-0.05, 0) is 44.7 Å². The van der Waals surface area contributed by atoms with Crippen molar-refractivity contribution < 1.29 is 4.39 Å². The van der Waals surface area contributed by atoms with Crippen molar-refractivity contribution in [1.29, 1.82) is 0 Å². The van der Waals surface area contributed by atoms with Crippen molar-refractivity contribution >= 4 is 11.8 Å². The molecule has 1 N–H and O–H groups in total. The SMILES string of the molecule is CNC(C)CCCSc1ccccc1F. The second kappa shape index (κ2) is 6.85. The highest BCUT2D eigenvalue weighted by molar-refractivity contribution is 7.99. The van der Waals surface area contributed by atoms with Crippen molar-refractivity contribution in [2.24, 2.45) is 0 Å². The van der Waals surface area contributed by atoms with Crippen molar-refractivity contribution in [3.8, 4) is 0 Å². The van der Waals surface area contributed by atoms with Gasteiger partial charge in [0.1, 0.15) is 5.82 Å². The second-order valence-electron chi connectivity index (χ2n) is 3.61. The maximum atomic E-state index is 13.2. The second-order valence-corrected chi connectivity index (χ2v) is 4.75. The molecule has 0 saturated heterocycles. The third-order valence-electron chi connectivity index (χ3n) is 2.37. The number of benzene rings is 1. The first-order valence-corrected chi connectivity index (χ1v) is 6.27. The molecule has 0 aliphatic carbocycles. The van der Waals surface area contributed by atoms with E-state index in [0.717, 1.165) is 23.5 Å². The molecule has 0 amide bonds. The van der Waals surface area contributed by atoms with Crippen LogP contribution in [0.15, 0.2) is 29.2 Å². The molecule has 1 aromatic carbocycles. The summed E-state index contributed by atoms with van der Waals surface area (Å²) < 4.78 is 13.2. The molecule has 0 fully saturated rings. The molecule has 3 heteroatoms. The largest absolute Gasteiger partial charge is 0.317 e. The Labute approximate surface area is 95.5 Å². The van der Waals surface area contributed by atoms with Crippen molar-refractivity contribution in [3.05, 3.63) is 30.1 Å². The van der Waals surface area contributed by atoms with E-state index in [2.05, 4.69) is 12.2 Å². The lowest BCUT2D eigenvalue weighted by atomic mass is 10.2.